The maximum atomic E-state index is 11.1. The molecule has 1 saturated heterocycles. The molecule has 0 amide bonds. The van der Waals surface area contributed by atoms with Gasteiger partial charge in [-0.2, -0.15) is 14.7 Å². The third-order valence-corrected chi connectivity index (χ3v) is 2.98. The summed E-state index contributed by atoms with van der Waals surface area (Å²) < 4.78 is 5.02. The number of rotatable bonds is 5. The highest BCUT2D eigenvalue weighted by Crippen LogP contribution is 2.38. The molecule has 0 aromatic rings. The average molecular weight is 256 g/mol. The maximum Gasteiger partial charge on any atom is 0.171 e. The molecule has 5 atom stereocenters. The Morgan fingerprint density at radius 3 is 2.33 bits per heavy atom. The van der Waals surface area contributed by atoms with Crippen LogP contribution in [0.5, 0.6) is 0 Å². The van der Waals surface area contributed by atoms with Crippen molar-refractivity contribution in [2.75, 3.05) is 6.61 Å². The molecule has 1 aliphatic heterocycles. The monoisotopic (exact) mass is 256 g/mol. The van der Waals surface area contributed by atoms with Gasteiger partial charge < -0.3 is 15.6 Å². The minimum Gasteiger partial charge on any atom is -0.394 e. The van der Waals surface area contributed by atoms with Crippen LogP contribution in [0.1, 0.15) is 6.42 Å². The van der Waals surface area contributed by atoms with Crippen molar-refractivity contribution >= 4 is 0 Å². The minimum absolute atomic E-state index is 0.350. The summed E-state index contributed by atoms with van der Waals surface area (Å²) in [5, 5.41) is 17.2. The lowest BCUT2D eigenvalue weighted by Gasteiger charge is -2.43. The molecule has 1 heterocycles. The average Bonchev–Trinajstić information content (AvgIpc) is 2.38. The normalized spacial score (nSPS) is 39.6. The molecule has 2 unspecified atom stereocenters. The predicted octanol–water partition coefficient (Wildman–Crippen LogP) is -0.539. The molecule has 0 aromatic heterocycles. The van der Waals surface area contributed by atoms with E-state index in [1.165, 1.54) is 0 Å². The number of aliphatic hydroxyl groups is 1. The molecule has 1 aliphatic rings. The molecule has 1 rings (SSSR count). The van der Waals surface area contributed by atoms with Crippen LogP contribution >= 0.6 is 0 Å². The van der Waals surface area contributed by atoms with Gasteiger partial charge in [-0.1, -0.05) is 15.5 Å². The van der Waals surface area contributed by atoms with Gasteiger partial charge in [-0.25, -0.2) is 0 Å². The van der Waals surface area contributed by atoms with E-state index in [9.17, 15) is 14.7 Å². The molecule has 0 aromatic carbocycles. The van der Waals surface area contributed by atoms with Crippen molar-refractivity contribution < 1.29 is 9.84 Å². The minimum atomic E-state index is -1.89. The van der Waals surface area contributed by atoms with Gasteiger partial charge in [-0.3, -0.25) is 0 Å². The quantitative estimate of drug-likeness (QED) is 0.499. The van der Waals surface area contributed by atoms with E-state index in [-0.39, 0.29) is 6.42 Å². The Hall–Kier alpha value is -1.76. The van der Waals surface area contributed by atoms with Crippen LogP contribution in [0.3, 0.4) is 0 Å². The zero-order valence-electron chi connectivity index (χ0n) is 9.30. The molecule has 98 valence electrons. The van der Waals surface area contributed by atoms with Crippen LogP contribution in [0.4, 0.5) is 0 Å². The van der Waals surface area contributed by atoms with Crippen molar-refractivity contribution in [3.63, 3.8) is 0 Å². The van der Waals surface area contributed by atoms with Crippen molar-refractivity contribution in [3.8, 4) is 12.3 Å². The second-order valence-corrected chi connectivity index (χ2v) is 3.89. The Bertz CT molecular complexity index is 384. The van der Waals surface area contributed by atoms with Gasteiger partial charge in [-0.15, -0.1) is 12.3 Å². The first-order valence-corrected chi connectivity index (χ1v) is 5.06. The maximum absolute atomic E-state index is 11.1. The largest absolute Gasteiger partial charge is 0.394 e. The smallest absolute Gasteiger partial charge is 0.171 e. The summed E-state index contributed by atoms with van der Waals surface area (Å²) in [5.74, 6) is 2.14. The highest BCUT2D eigenvalue weighted by atomic mass is 16.5. The standard InChI is InChI=1S/C9H12N4O5/c1-2-3-9(13-17)6(11-15)5(4-14)18-8(10)7(9)12-16/h1,5-8,14H,3-4,10H2/t5?,6-,7?,8-,9+/m1/s1. The van der Waals surface area contributed by atoms with E-state index in [0.29, 0.717) is 0 Å². The molecule has 1 fully saturated rings. The number of hydrogen-bond donors (Lipinski definition) is 2. The highest BCUT2D eigenvalue weighted by Gasteiger charge is 2.59. The second kappa shape index (κ2) is 5.72. The number of nitrogens with two attached hydrogens (primary N) is 1. The van der Waals surface area contributed by atoms with E-state index in [0.717, 1.165) is 0 Å². The van der Waals surface area contributed by atoms with Gasteiger partial charge in [0.15, 0.2) is 17.6 Å². The number of ether oxygens (including phenoxy) is 1. The zero-order chi connectivity index (χ0) is 13.8. The molecule has 0 radical (unpaired) electrons. The van der Waals surface area contributed by atoms with Crippen LogP contribution in [-0.4, -0.2) is 41.7 Å². The van der Waals surface area contributed by atoms with Crippen LogP contribution in [0, 0.1) is 27.1 Å². The van der Waals surface area contributed by atoms with E-state index in [1.807, 2.05) is 0 Å². The van der Waals surface area contributed by atoms with Crippen LogP contribution in [0.25, 0.3) is 0 Å². The Kier molecular flexibility index (Phi) is 4.55. The number of terminal acetylenes is 1. The summed E-state index contributed by atoms with van der Waals surface area (Å²) in [5.41, 5.74) is 3.63. The number of nitroso groups, excluding NO2 is 3. The van der Waals surface area contributed by atoms with Crippen molar-refractivity contribution in [1.29, 1.82) is 0 Å². The first-order chi connectivity index (χ1) is 8.61. The molecule has 0 bridgehead atoms. The predicted molar refractivity (Wildman–Crippen MR) is 61.1 cm³/mol. The topological polar surface area (TPSA) is 144 Å². The summed E-state index contributed by atoms with van der Waals surface area (Å²) in [6, 6.07) is -2.85. The molecular formula is C9H12N4O5. The third-order valence-electron chi connectivity index (χ3n) is 2.98. The van der Waals surface area contributed by atoms with Gasteiger partial charge in [0.25, 0.3) is 0 Å². The Morgan fingerprint density at radius 1 is 1.33 bits per heavy atom. The van der Waals surface area contributed by atoms with Crippen molar-refractivity contribution in [2.24, 2.45) is 21.3 Å². The van der Waals surface area contributed by atoms with Crippen molar-refractivity contribution in [1.82, 2.24) is 0 Å². The van der Waals surface area contributed by atoms with Gasteiger partial charge in [-0.05, 0) is 0 Å². The molecule has 0 aliphatic carbocycles. The van der Waals surface area contributed by atoms with E-state index < -0.39 is 36.6 Å². The Labute approximate surface area is 102 Å². The lowest BCUT2D eigenvalue weighted by molar-refractivity contribution is -0.116. The lowest BCUT2D eigenvalue weighted by Crippen LogP contribution is -2.66. The second-order valence-electron chi connectivity index (χ2n) is 3.89. The van der Waals surface area contributed by atoms with Crippen LogP contribution in [0.2, 0.25) is 0 Å². The number of hydrogen-bond acceptors (Lipinski definition) is 9. The number of nitrogens with zero attached hydrogens (tertiary/aromatic N) is 3. The summed E-state index contributed by atoms with van der Waals surface area (Å²) in [4.78, 5) is 32.7. The molecule has 18 heavy (non-hydrogen) atoms. The van der Waals surface area contributed by atoms with Gasteiger partial charge in [0.05, 0.1) is 6.61 Å². The lowest BCUT2D eigenvalue weighted by atomic mass is 9.76. The fraction of sp³-hybridized carbons (Fsp3) is 0.778. The molecule has 0 saturated carbocycles. The van der Waals surface area contributed by atoms with Crippen LogP contribution in [0.15, 0.2) is 15.5 Å². The third kappa shape index (κ3) is 2.01. The zero-order valence-corrected chi connectivity index (χ0v) is 9.30. The summed E-state index contributed by atoms with van der Waals surface area (Å²) in [7, 11) is 0. The van der Waals surface area contributed by atoms with Gasteiger partial charge in [0.1, 0.15) is 12.3 Å². The van der Waals surface area contributed by atoms with E-state index in [4.69, 9.17) is 22.0 Å². The van der Waals surface area contributed by atoms with Gasteiger partial charge in [0, 0.05) is 6.42 Å². The van der Waals surface area contributed by atoms with Gasteiger partial charge >= 0.3 is 0 Å². The van der Waals surface area contributed by atoms with E-state index in [1.54, 1.807) is 0 Å². The summed E-state index contributed by atoms with van der Waals surface area (Å²) in [6.07, 6.45) is 2.32. The highest BCUT2D eigenvalue weighted by molar-refractivity contribution is 5.18. The van der Waals surface area contributed by atoms with Crippen molar-refractivity contribution in [3.05, 3.63) is 14.7 Å². The SMILES string of the molecule is C#CC[C@@]1(N=O)C(N=O)[C@H](N)OC(CO)[C@H]1N=O. The molecule has 3 N–H and O–H groups in total. The molecular weight excluding hydrogens is 244 g/mol. The Morgan fingerprint density at radius 2 is 1.94 bits per heavy atom. The van der Waals surface area contributed by atoms with E-state index in [2.05, 4.69) is 21.5 Å². The first kappa shape index (κ1) is 14.3. The molecule has 9 heteroatoms. The molecule has 0 spiro atoms. The summed E-state index contributed by atoms with van der Waals surface area (Å²) in [6.45, 7) is -0.614. The molecule has 9 nitrogen and oxygen atoms in total. The Balaban J connectivity index is 3.31. The van der Waals surface area contributed by atoms with Crippen LogP contribution in [-0.2, 0) is 4.74 Å². The van der Waals surface area contributed by atoms with Gasteiger partial charge in [0.2, 0.25) is 0 Å². The fourth-order valence-corrected chi connectivity index (χ4v) is 2.10. The van der Waals surface area contributed by atoms with Crippen LogP contribution < -0.4 is 5.73 Å². The summed E-state index contributed by atoms with van der Waals surface area (Å²) >= 11 is 0. The van der Waals surface area contributed by atoms with Crippen molar-refractivity contribution in [2.45, 2.75) is 36.4 Å². The number of aliphatic hydroxyl groups excluding tert-OH is 1. The van der Waals surface area contributed by atoms with E-state index >= 15 is 0 Å². The first-order valence-electron chi connectivity index (χ1n) is 5.06. The fourth-order valence-electron chi connectivity index (χ4n) is 2.10.